The molecule has 3 heterocycles. The normalized spacial score (nSPS) is 19.6. The molecule has 204 valence electrons. The first kappa shape index (κ1) is 27.2. The lowest BCUT2D eigenvalue weighted by atomic mass is 9.93. The second kappa shape index (κ2) is 11.3. The highest BCUT2D eigenvalue weighted by atomic mass is 16.5. The van der Waals surface area contributed by atoms with Crippen molar-refractivity contribution in [1.82, 2.24) is 14.8 Å². The molecule has 1 amide bonds. The number of aliphatic hydroxyl groups is 1. The van der Waals surface area contributed by atoms with Crippen molar-refractivity contribution in [2.24, 2.45) is 0 Å². The van der Waals surface area contributed by atoms with Gasteiger partial charge in [-0.2, -0.15) is 0 Å². The number of ether oxygens (including phenoxy) is 4. The quantitative estimate of drug-likeness (QED) is 0.230. The summed E-state index contributed by atoms with van der Waals surface area (Å²) in [6, 6.07) is 4.24. The summed E-state index contributed by atoms with van der Waals surface area (Å²) in [6.45, 7) is 6.78. The number of nitrogens with zero attached hydrogens (tertiary/aromatic N) is 2. The predicted molar refractivity (Wildman–Crippen MR) is 137 cm³/mol. The van der Waals surface area contributed by atoms with Gasteiger partial charge in [0.15, 0.2) is 11.5 Å². The Morgan fingerprint density at radius 2 is 1.76 bits per heavy atom. The van der Waals surface area contributed by atoms with E-state index in [1.165, 1.54) is 26.2 Å². The van der Waals surface area contributed by atoms with Crippen LogP contribution in [0.4, 0.5) is 0 Å². The Bertz CT molecular complexity index is 1280. The summed E-state index contributed by atoms with van der Waals surface area (Å²) in [7, 11) is 4.27. The van der Waals surface area contributed by atoms with Crippen LogP contribution in [0.3, 0.4) is 0 Å². The Balaban J connectivity index is 1.84. The highest BCUT2D eigenvalue weighted by Crippen LogP contribution is 2.43. The largest absolute Gasteiger partial charge is 0.507 e. The maximum Gasteiger partial charge on any atom is 0.354 e. The third-order valence-corrected chi connectivity index (χ3v) is 7.09. The number of Topliss-reactive ketones (excluding diaryl/α,β-unsaturated/α-hetero) is 1. The minimum absolute atomic E-state index is 0.0641. The maximum atomic E-state index is 13.5. The van der Waals surface area contributed by atoms with Gasteiger partial charge in [0, 0.05) is 37.4 Å². The lowest BCUT2D eigenvalue weighted by Gasteiger charge is -2.31. The molecule has 0 saturated carbocycles. The number of H-pyrrole nitrogens is 1. The first-order valence-electron chi connectivity index (χ1n) is 12.3. The minimum Gasteiger partial charge on any atom is -0.507 e. The molecule has 1 aromatic carbocycles. The van der Waals surface area contributed by atoms with E-state index in [4.69, 9.17) is 18.9 Å². The SMILES string of the molecule is COC(=O)c1[nH]c(C)c(/C(O)=C2\C(=O)C(=O)N(CCN3CCOCC3)[C@@H]2c2ccc(OC)c(OC)c2)c1C. The zero-order chi connectivity index (χ0) is 27.6. The van der Waals surface area contributed by atoms with E-state index in [0.717, 1.165) is 13.1 Å². The topological polar surface area (TPSA) is 131 Å². The van der Waals surface area contributed by atoms with E-state index in [1.54, 1.807) is 32.0 Å². The van der Waals surface area contributed by atoms with Crippen LogP contribution in [0.2, 0.25) is 0 Å². The number of aryl methyl sites for hydroxylation is 1. The van der Waals surface area contributed by atoms with Crippen LogP contribution in [-0.2, 0) is 19.1 Å². The van der Waals surface area contributed by atoms with Crippen LogP contribution in [0, 0.1) is 13.8 Å². The van der Waals surface area contributed by atoms with Crippen LogP contribution in [0.5, 0.6) is 11.5 Å². The highest BCUT2D eigenvalue weighted by molar-refractivity contribution is 6.46. The van der Waals surface area contributed by atoms with E-state index in [2.05, 4.69) is 9.88 Å². The van der Waals surface area contributed by atoms with Crippen molar-refractivity contribution in [2.45, 2.75) is 19.9 Å². The molecular formula is C27H33N3O8. The van der Waals surface area contributed by atoms with E-state index in [1.807, 2.05) is 0 Å². The van der Waals surface area contributed by atoms with Crippen LogP contribution in [0.15, 0.2) is 23.8 Å². The molecule has 0 radical (unpaired) electrons. The number of carbonyl (C=O) groups excluding carboxylic acids is 3. The van der Waals surface area contributed by atoms with Gasteiger partial charge in [-0.05, 0) is 37.1 Å². The minimum atomic E-state index is -0.883. The van der Waals surface area contributed by atoms with Gasteiger partial charge in [0.2, 0.25) is 0 Å². The van der Waals surface area contributed by atoms with Crippen molar-refractivity contribution >= 4 is 23.4 Å². The van der Waals surface area contributed by atoms with E-state index >= 15 is 0 Å². The molecule has 11 nitrogen and oxygen atoms in total. The van der Waals surface area contributed by atoms with E-state index in [9.17, 15) is 19.5 Å². The summed E-state index contributed by atoms with van der Waals surface area (Å²) in [5.41, 5.74) is 1.83. The number of methoxy groups -OCH3 is 3. The standard InChI is InChI=1S/C27H33N3O8/c1-15-20(16(2)28-22(15)27(34)37-5)24(31)21-23(17-6-7-18(35-3)19(14-17)36-4)30(26(33)25(21)32)9-8-29-10-12-38-13-11-29/h6-7,14,23,28,31H,8-13H2,1-5H3/b24-21+/t23-/m1/s1. The van der Waals surface area contributed by atoms with E-state index in [0.29, 0.717) is 48.1 Å². The van der Waals surface area contributed by atoms with Gasteiger partial charge in [0.05, 0.1) is 46.2 Å². The molecule has 1 aromatic heterocycles. The molecule has 2 fully saturated rings. The predicted octanol–water partition coefficient (Wildman–Crippen LogP) is 2.19. The second-order valence-electron chi connectivity index (χ2n) is 9.18. The smallest absolute Gasteiger partial charge is 0.354 e. The Labute approximate surface area is 220 Å². The average Bonchev–Trinajstić information content (AvgIpc) is 3.37. The molecular weight excluding hydrogens is 494 g/mol. The fourth-order valence-electron chi connectivity index (χ4n) is 5.10. The number of benzene rings is 1. The lowest BCUT2D eigenvalue weighted by molar-refractivity contribution is -0.140. The third kappa shape index (κ3) is 4.86. The van der Waals surface area contributed by atoms with Crippen molar-refractivity contribution in [3.8, 4) is 11.5 Å². The molecule has 2 N–H and O–H groups in total. The Kier molecular flexibility index (Phi) is 8.08. The monoisotopic (exact) mass is 527 g/mol. The molecule has 0 unspecified atom stereocenters. The summed E-state index contributed by atoms with van der Waals surface area (Å²) in [4.78, 5) is 45.6. The van der Waals surface area contributed by atoms with Gasteiger partial charge < -0.3 is 33.9 Å². The molecule has 2 aliphatic heterocycles. The lowest BCUT2D eigenvalue weighted by Crippen LogP contribution is -2.42. The molecule has 0 bridgehead atoms. The van der Waals surface area contributed by atoms with E-state index in [-0.39, 0.29) is 29.1 Å². The molecule has 1 atom stereocenters. The molecule has 38 heavy (non-hydrogen) atoms. The number of amides is 1. The number of likely N-dealkylation sites (tertiary alicyclic amines) is 1. The molecule has 0 spiro atoms. The van der Waals surface area contributed by atoms with Crippen molar-refractivity contribution < 1.29 is 38.4 Å². The molecule has 2 aliphatic rings. The van der Waals surface area contributed by atoms with Crippen LogP contribution in [-0.4, -0.2) is 98.3 Å². The second-order valence-corrected chi connectivity index (χ2v) is 9.18. The average molecular weight is 528 g/mol. The third-order valence-electron chi connectivity index (χ3n) is 7.09. The Morgan fingerprint density at radius 1 is 1.08 bits per heavy atom. The molecule has 4 rings (SSSR count). The fourth-order valence-corrected chi connectivity index (χ4v) is 5.10. The summed E-state index contributed by atoms with van der Waals surface area (Å²) in [6.07, 6.45) is 0. The van der Waals surface area contributed by atoms with Crippen LogP contribution < -0.4 is 9.47 Å². The summed E-state index contributed by atoms with van der Waals surface area (Å²) >= 11 is 0. The van der Waals surface area contributed by atoms with Gasteiger partial charge in [-0.25, -0.2) is 4.79 Å². The summed E-state index contributed by atoms with van der Waals surface area (Å²) in [5.74, 6) is -1.57. The fraction of sp³-hybridized carbons (Fsp3) is 0.444. The van der Waals surface area contributed by atoms with Gasteiger partial charge in [0.1, 0.15) is 11.5 Å². The number of ketones is 1. The van der Waals surface area contributed by atoms with Crippen molar-refractivity contribution in [1.29, 1.82) is 0 Å². The number of aliphatic hydroxyl groups excluding tert-OH is 1. The molecule has 11 heteroatoms. The first-order valence-corrected chi connectivity index (χ1v) is 12.3. The van der Waals surface area contributed by atoms with Gasteiger partial charge in [-0.1, -0.05) is 6.07 Å². The van der Waals surface area contributed by atoms with Crippen molar-refractivity contribution in [2.75, 3.05) is 60.7 Å². The number of hydrogen-bond donors (Lipinski definition) is 2. The van der Waals surface area contributed by atoms with Gasteiger partial charge in [-0.15, -0.1) is 0 Å². The first-order chi connectivity index (χ1) is 18.2. The summed E-state index contributed by atoms with van der Waals surface area (Å²) < 4.78 is 21.1. The van der Waals surface area contributed by atoms with Crippen LogP contribution in [0.1, 0.15) is 38.9 Å². The van der Waals surface area contributed by atoms with Crippen molar-refractivity contribution in [3.63, 3.8) is 0 Å². The Morgan fingerprint density at radius 3 is 2.39 bits per heavy atom. The zero-order valence-electron chi connectivity index (χ0n) is 22.3. The number of hydrogen-bond acceptors (Lipinski definition) is 9. The Hall–Kier alpha value is -3.83. The number of morpholine rings is 1. The van der Waals surface area contributed by atoms with E-state index < -0.39 is 23.7 Å². The molecule has 2 saturated heterocycles. The number of aromatic nitrogens is 1. The maximum absolute atomic E-state index is 13.5. The number of esters is 1. The van der Waals surface area contributed by atoms with Crippen LogP contribution in [0.25, 0.3) is 5.76 Å². The van der Waals surface area contributed by atoms with Crippen LogP contribution >= 0.6 is 0 Å². The zero-order valence-corrected chi connectivity index (χ0v) is 22.3. The number of rotatable bonds is 8. The number of nitrogens with one attached hydrogen (secondary N) is 1. The van der Waals surface area contributed by atoms with Gasteiger partial charge in [0.25, 0.3) is 11.7 Å². The van der Waals surface area contributed by atoms with Gasteiger partial charge >= 0.3 is 5.97 Å². The molecule has 2 aromatic rings. The molecule has 0 aliphatic carbocycles. The number of aromatic amines is 1. The van der Waals surface area contributed by atoms with Gasteiger partial charge in [-0.3, -0.25) is 14.5 Å². The summed E-state index contributed by atoms with van der Waals surface area (Å²) in [5, 5.41) is 11.6. The van der Waals surface area contributed by atoms with Crippen molar-refractivity contribution in [3.05, 3.63) is 51.9 Å². The highest BCUT2D eigenvalue weighted by Gasteiger charge is 2.46. The number of carbonyl (C=O) groups is 3.